The summed E-state index contributed by atoms with van der Waals surface area (Å²) in [5, 5.41) is 13.8. The van der Waals surface area contributed by atoms with E-state index in [4.69, 9.17) is 15.8 Å². The van der Waals surface area contributed by atoms with Crippen molar-refractivity contribution in [2.45, 2.75) is 39.7 Å². The Balaban J connectivity index is 1.94. The number of aliphatic hydroxyl groups excluding tert-OH is 1. The first kappa shape index (κ1) is 18.4. The van der Waals surface area contributed by atoms with E-state index in [1.54, 1.807) is 0 Å². The summed E-state index contributed by atoms with van der Waals surface area (Å²) in [5.41, 5.74) is 5.51. The van der Waals surface area contributed by atoms with Crippen LogP contribution in [0.5, 0.6) is 0 Å². The molecule has 0 bridgehead atoms. The number of nitrogens with two attached hydrogens (primary N) is 1. The minimum atomic E-state index is 0.00358. The number of hydrogen-bond acceptors (Lipinski definition) is 5. The minimum Gasteiger partial charge on any atom is -0.392 e. The van der Waals surface area contributed by atoms with E-state index in [9.17, 15) is 0 Å². The average molecular weight is 354 g/mol. The SMILES string of the molecule is C=C(/N=C(\ON)c1nn(C)c2c1CCC(C)(C)C2)c1ccc(CO)cc1. The van der Waals surface area contributed by atoms with E-state index in [0.29, 0.717) is 11.4 Å². The number of aliphatic hydroxyl groups is 1. The summed E-state index contributed by atoms with van der Waals surface area (Å²) in [6, 6.07) is 7.40. The Morgan fingerprint density at radius 1 is 1.38 bits per heavy atom. The number of benzene rings is 1. The van der Waals surface area contributed by atoms with E-state index >= 15 is 0 Å². The molecule has 6 heteroatoms. The second-order valence-corrected chi connectivity index (χ2v) is 7.57. The molecule has 1 aliphatic rings. The summed E-state index contributed by atoms with van der Waals surface area (Å²) in [6.07, 6.45) is 2.97. The largest absolute Gasteiger partial charge is 0.392 e. The van der Waals surface area contributed by atoms with Gasteiger partial charge in [0.15, 0.2) is 5.69 Å². The zero-order valence-electron chi connectivity index (χ0n) is 15.6. The van der Waals surface area contributed by atoms with Crippen molar-refractivity contribution >= 4 is 11.6 Å². The number of aliphatic imine (C=N–C) groups is 1. The Hall–Kier alpha value is -2.44. The van der Waals surface area contributed by atoms with E-state index < -0.39 is 0 Å². The van der Waals surface area contributed by atoms with Gasteiger partial charge in [-0.2, -0.15) is 11.0 Å². The summed E-state index contributed by atoms with van der Waals surface area (Å²) in [7, 11) is 1.94. The molecule has 0 atom stereocenters. The highest BCUT2D eigenvalue weighted by Crippen LogP contribution is 2.36. The highest BCUT2D eigenvalue weighted by molar-refractivity contribution is 5.97. The molecule has 0 saturated carbocycles. The van der Waals surface area contributed by atoms with Crippen LogP contribution in [0.3, 0.4) is 0 Å². The smallest absolute Gasteiger partial charge is 0.266 e. The summed E-state index contributed by atoms with van der Waals surface area (Å²) in [5.74, 6) is 5.79. The molecule has 0 spiro atoms. The van der Waals surface area contributed by atoms with Crippen LogP contribution in [-0.2, 0) is 31.3 Å². The van der Waals surface area contributed by atoms with Crippen LogP contribution < -0.4 is 5.90 Å². The summed E-state index contributed by atoms with van der Waals surface area (Å²) >= 11 is 0. The van der Waals surface area contributed by atoms with Gasteiger partial charge in [0.05, 0.1) is 12.3 Å². The minimum absolute atomic E-state index is 0.00358. The molecule has 1 aromatic heterocycles. The molecule has 0 aliphatic heterocycles. The predicted octanol–water partition coefficient (Wildman–Crippen LogP) is 2.74. The van der Waals surface area contributed by atoms with Crippen molar-refractivity contribution in [1.29, 1.82) is 0 Å². The molecule has 3 N–H and O–H groups in total. The zero-order chi connectivity index (χ0) is 18.9. The summed E-state index contributed by atoms with van der Waals surface area (Å²) < 4.78 is 1.90. The Kier molecular flexibility index (Phi) is 4.98. The lowest BCUT2D eigenvalue weighted by Crippen LogP contribution is -2.24. The van der Waals surface area contributed by atoms with Crippen molar-refractivity contribution in [3.63, 3.8) is 0 Å². The third-order valence-corrected chi connectivity index (χ3v) is 4.99. The molecule has 138 valence electrons. The van der Waals surface area contributed by atoms with Gasteiger partial charge in [-0.15, -0.1) is 0 Å². The number of aromatic nitrogens is 2. The van der Waals surface area contributed by atoms with Gasteiger partial charge in [0, 0.05) is 18.3 Å². The van der Waals surface area contributed by atoms with E-state index in [1.165, 1.54) is 5.69 Å². The van der Waals surface area contributed by atoms with E-state index in [-0.39, 0.29) is 17.9 Å². The number of rotatable bonds is 4. The Labute approximate surface area is 154 Å². The lowest BCUT2D eigenvalue weighted by atomic mass is 9.76. The van der Waals surface area contributed by atoms with Crippen LogP contribution in [0.1, 0.15) is 48.3 Å². The molecule has 26 heavy (non-hydrogen) atoms. The third-order valence-electron chi connectivity index (χ3n) is 4.99. The topological polar surface area (TPSA) is 85.7 Å². The highest BCUT2D eigenvalue weighted by atomic mass is 16.6. The van der Waals surface area contributed by atoms with Gasteiger partial charge in [-0.05, 0) is 35.8 Å². The summed E-state index contributed by atoms with van der Waals surface area (Å²) in [6.45, 7) is 8.56. The molecule has 6 nitrogen and oxygen atoms in total. The number of fused-ring (bicyclic) bond motifs is 1. The van der Waals surface area contributed by atoms with Crippen LogP contribution in [0.4, 0.5) is 0 Å². The fourth-order valence-corrected chi connectivity index (χ4v) is 3.39. The molecule has 1 heterocycles. The molecule has 0 unspecified atom stereocenters. The van der Waals surface area contributed by atoms with Crippen molar-refractivity contribution in [1.82, 2.24) is 9.78 Å². The molecule has 2 aromatic rings. The molecular formula is C20H26N4O2. The van der Waals surface area contributed by atoms with Crippen molar-refractivity contribution in [2.75, 3.05) is 0 Å². The molecular weight excluding hydrogens is 328 g/mol. The first-order valence-electron chi connectivity index (χ1n) is 8.74. The van der Waals surface area contributed by atoms with Crippen molar-refractivity contribution < 1.29 is 9.94 Å². The molecule has 0 fully saturated rings. The zero-order valence-corrected chi connectivity index (χ0v) is 15.6. The van der Waals surface area contributed by atoms with Gasteiger partial charge in [-0.3, -0.25) is 4.68 Å². The first-order valence-corrected chi connectivity index (χ1v) is 8.74. The average Bonchev–Trinajstić information content (AvgIpc) is 2.94. The second-order valence-electron chi connectivity index (χ2n) is 7.57. The number of hydrogen-bond donors (Lipinski definition) is 2. The van der Waals surface area contributed by atoms with Crippen LogP contribution in [0.25, 0.3) is 5.70 Å². The number of nitrogens with zero attached hydrogens (tertiary/aromatic N) is 3. The maximum absolute atomic E-state index is 9.15. The van der Waals surface area contributed by atoms with Gasteiger partial charge >= 0.3 is 0 Å². The molecule has 0 radical (unpaired) electrons. The van der Waals surface area contributed by atoms with Crippen molar-refractivity contribution in [3.05, 3.63) is 58.9 Å². The molecule has 1 aromatic carbocycles. The van der Waals surface area contributed by atoms with Crippen molar-refractivity contribution in [3.8, 4) is 0 Å². The normalized spacial score (nSPS) is 16.3. The molecule has 3 rings (SSSR count). The van der Waals surface area contributed by atoms with Gasteiger partial charge in [0.1, 0.15) is 0 Å². The maximum Gasteiger partial charge on any atom is 0.266 e. The van der Waals surface area contributed by atoms with Crippen molar-refractivity contribution in [2.24, 2.45) is 23.4 Å². The Morgan fingerprint density at radius 2 is 2.08 bits per heavy atom. The molecule has 0 amide bonds. The van der Waals surface area contributed by atoms with Gasteiger partial charge < -0.3 is 9.94 Å². The standard InChI is InChI=1S/C20H26N4O2/c1-13(15-7-5-14(12-25)6-8-15)22-19(26-21)18-16-9-10-20(2,3)11-17(16)24(4)23-18/h5-8,25H,1,9-12,21H2,2-4H3/b22-19-. The van der Waals surface area contributed by atoms with Crippen LogP contribution >= 0.6 is 0 Å². The summed E-state index contributed by atoms with van der Waals surface area (Å²) in [4.78, 5) is 9.56. The van der Waals surface area contributed by atoms with Gasteiger partial charge in [0.2, 0.25) is 0 Å². The second kappa shape index (κ2) is 7.05. The molecule has 1 aliphatic carbocycles. The van der Waals surface area contributed by atoms with E-state index in [1.807, 2.05) is 36.0 Å². The highest BCUT2D eigenvalue weighted by Gasteiger charge is 2.32. The Bertz CT molecular complexity index is 847. The van der Waals surface area contributed by atoms with E-state index in [2.05, 4.69) is 30.5 Å². The lowest BCUT2D eigenvalue weighted by Gasteiger charge is -2.29. The van der Waals surface area contributed by atoms with Gasteiger partial charge in [-0.1, -0.05) is 44.7 Å². The first-order chi connectivity index (χ1) is 12.3. The number of aryl methyl sites for hydroxylation is 1. The molecule has 0 saturated heterocycles. The van der Waals surface area contributed by atoms with Crippen LogP contribution in [0.15, 0.2) is 35.8 Å². The Morgan fingerprint density at radius 3 is 2.69 bits per heavy atom. The maximum atomic E-state index is 9.15. The fourth-order valence-electron chi connectivity index (χ4n) is 3.39. The predicted molar refractivity (Wildman–Crippen MR) is 102 cm³/mol. The van der Waals surface area contributed by atoms with Crippen LogP contribution in [0, 0.1) is 5.41 Å². The fraction of sp³-hybridized carbons (Fsp3) is 0.400. The quantitative estimate of drug-likeness (QED) is 0.502. The van der Waals surface area contributed by atoms with E-state index in [0.717, 1.165) is 36.0 Å². The van der Waals surface area contributed by atoms with Crippen LogP contribution in [-0.4, -0.2) is 20.8 Å². The lowest BCUT2D eigenvalue weighted by molar-refractivity contribution is 0.282. The monoisotopic (exact) mass is 354 g/mol. The van der Waals surface area contributed by atoms with Crippen LogP contribution in [0.2, 0.25) is 0 Å². The van der Waals surface area contributed by atoms with Gasteiger partial charge in [-0.25, -0.2) is 4.99 Å². The van der Waals surface area contributed by atoms with Gasteiger partial charge in [0.25, 0.3) is 5.90 Å². The third kappa shape index (κ3) is 3.57.